The molecule has 0 radical (unpaired) electrons. The molecule has 1 saturated carbocycles. The number of ether oxygens (including phenoxy) is 1. The molecule has 0 unspecified atom stereocenters. The molecular formula is C27H32N6O3. The molecule has 0 aliphatic heterocycles. The summed E-state index contributed by atoms with van der Waals surface area (Å²) in [6, 6.07) is 18.1. The average molecular weight is 489 g/mol. The van der Waals surface area contributed by atoms with Crippen LogP contribution in [-0.2, 0) is 4.79 Å². The second-order valence-corrected chi connectivity index (χ2v) is 9.16. The third-order valence-electron chi connectivity index (χ3n) is 6.53. The first-order valence-corrected chi connectivity index (χ1v) is 11.9. The molecule has 1 aliphatic rings. The first-order chi connectivity index (χ1) is 17.3. The van der Waals surface area contributed by atoms with Gasteiger partial charge in [0.15, 0.2) is 0 Å². The Kier molecular flexibility index (Phi) is 7.52. The van der Waals surface area contributed by atoms with Crippen LogP contribution in [0.15, 0.2) is 67.1 Å². The Morgan fingerprint density at radius 2 is 1.69 bits per heavy atom. The van der Waals surface area contributed by atoms with E-state index in [1.807, 2.05) is 54.6 Å². The van der Waals surface area contributed by atoms with E-state index >= 15 is 0 Å². The van der Waals surface area contributed by atoms with Gasteiger partial charge in [-0.15, -0.1) is 0 Å². The lowest BCUT2D eigenvalue weighted by molar-refractivity contribution is -0.134. The van der Waals surface area contributed by atoms with Gasteiger partial charge in [0, 0.05) is 36.8 Å². The van der Waals surface area contributed by atoms with E-state index in [1.165, 1.54) is 6.33 Å². The number of nitrogen functional groups attached to an aromatic ring is 1. The lowest BCUT2D eigenvalue weighted by Crippen LogP contribution is -2.49. The molecule has 0 atom stereocenters. The van der Waals surface area contributed by atoms with Crippen molar-refractivity contribution in [1.82, 2.24) is 14.5 Å². The summed E-state index contributed by atoms with van der Waals surface area (Å²) in [6.45, 7) is 1.60. The fraction of sp³-hybridized carbons (Fsp3) is 0.296. The van der Waals surface area contributed by atoms with Crippen LogP contribution < -0.4 is 21.9 Å². The molecule has 0 spiro atoms. The molecule has 9 heteroatoms. The Bertz CT molecular complexity index is 1310. The zero-order valence-electron chi connectivity index (χ0n) is 20.3. The topological polar surface area (TPSA) is 155 Å². The molecule has 36 heavy (non-hydrogen) atoms. The maximum absolute atomic E-state index is 9.00. The fourth-order valence-electron chi connectivity index (χ4n) is 4.59. The Hall–Kier alpha value is -3.95. The third-order valence-corrected chi connectivity index (χ3v) is 6.53. The molecule has 0 amide bonds. The van der Waals surface area contributed by atoms with Crippen LogP contribution >= 0.6 is 0 Å². The number of rotatable bonds is 5. The number of anilines is 1. The van der Waals surface area contributed by atoms with E-state index in [0.29, 0.717) is 18.4 Å². The van der Waals surface area contributed by atoms with E-state index in [4.69, 9.17) is 31.8 Å². The number of aromatic nitrogens is 3. The molecular weight excluding hydrogens is 456 g/mol. The van der Waals surface area contributed by atoms with Gasteiger partial charge in [-0.05, 0) is 55.5 Å². The van der Waals surface area contributed by atoms with Crippen molar-refractivity contribution < 1.29 is 14.6 Å². The molecule has 2 heterocycles. The van der Waals surface area contributed by atoms with Gasteiger partial charge in [0.25, 0.3) is 5.97 Å². The van der Waals surface area contributed by atoms with Gasteiger partial charge in [-0.2, -0.15) is 0 Å². The Morgan fingerprint density at radius 3 is 2.31 bits per heavy atom. The van der Waals surface area contributed by atoms with Gasteiger partial charge >= 0.3 is 0 Å². The standard InChI is InChI=1S/C25H28N6O.C2H4O2/c26-15-25(28)12-10-18(11-13-25)31-14-21(22-23(27)29-16-30-24(22)31)17-6-8-20(9-7-17)32-19-4-2-1-3-5-19;1-2(3)4/h1-9,14,16,18H,10-13,15,26,28H2,(H2,27,29,30);1H3,(H,3,4)/t18-,25-;. The van der Waals surface area contributed by atoms with Crippen LogP contribution in [0.4, 0.5) is 5.82 Å². The summed E-state index contributed by atoms with van der Waals surface area (Å²) in [6.07, 6.45) is 7.41. The average Bonchev–Trinajstić information content (AvgIpc) is 3.26. The van der Waals surface area contributed by atoms with E-state index in [9.17, 15) is 0 Å². The Morgan fingerprint density at radius 1 is 1.08 bits per heavy atom. The number of carboxylic acid groups (broad SMARTS) is 1. The SMILES string of the molecule is CC(=O)O.NC[C@]1(N)CC[C@H](n2cc(-c3ccc(Oc4ccccc4)cc3)c3c(N)ncnc32)CC1. The van der Waals surface area contributed by atoms with E-state index < -0.39 is 5.97 Å². The zero-order valence-corrected chi connectivity index (χ0v) is 20.3. The number of nitrogens with two attached hydrogens (primary N) is 3. The minimum atomic E-state index is -0.833. The van der Waals surface area contributed by atoms with Gasteiger partial charge in [-0.1, -0.05) is 30.3 Å². The van der Waals surface area contributed by atoms with E-state index in [0.717, 1.165) is 66.3 Å². The summed E-state index contributed by atoms with van der Waals surface area (Å²) in [4.78, 5) is 17.8. The van der Waals surface area contributed by atoms with Gasteiger partial charge in [0.2, 0.25) is 0 Å². The molecule has 4 aromatic rings. The first-order valence-electron chi connectivity index (χ1n) is 11.9. The largest absolute Gasteiger partial charge is 0.481 e. The molecule has 5 rings (SSSR count). The predicted molar refractivity (Wildman–Crippen MR) is 141 cm³/mol. The van der Waals surface area contributed by atoms with Crippen molar-refractivity contribution in [3.63, 3.8) is 0 Å². The van der Waals surface area contributed by atoms with Gasteiger partial charge in [0.05, 0.1) is 5.39 Å². The summed E-state index contributed by atoms with van der Waals surface area (Å²) >= 11 is 0. The number of nitrogens with zero attached hydrogens (tertiary/aromatic N) is 3. The zero-order chi connectivity index (χ0) is 25.7. The summed E-state index contributed by atoms with van der Waals surface area (Å²) < 4.78 is 8.18. The van der Waals surface area contributed by atoms with Crippen molar-refractivity contribution >= 4 is 22.8 Å². The molecule has 188 valence electrons. The van der Waals surface area contributed by atoms with Crippen LogP contribution in [0.1, 0.15) is 38.6 Å². The summed E-state index contributed by atoms with van der Waals surface area (Å²) in [5.41, 5.74) is 21.3. The molecule has 2 aromatic heterocycles. The minimum Gasteiger partial charge on any atom is -0.481 e. The molecule has 1 fully saturated rings. The highest BCUT2D eigenvalue weighted by atomic mass is 16.5. The Balaban J connectivity index is 0.000000709. The predicted octanol–water partition coefficient (Wildman–Crippen LogP) is 4.34. The highest BCUT2D eigenvalue weighted by molar-refractivity contribution is 6.00. The van der Waals surface area contributed by atoms with Crippen molar-refractivity contribution in [3.05, 3.63) is 67.1 Å². The lowest BCUT2D eigenvalue weighted by Gasteiger charge is -2.36. The number of carboxylic acids is 1. The normalized spacial score (nSPS) is 19.4. The lowest BCUT2D eigenvalue weighted by atomic mass is 9.80. The van der Waals surface area contributed by atoms with Crippen LogP contribution in [0, 0.1) is 0 Å². The maximum atomic E-state index is 9.00. The van der Waals surface area contributed by atoms with Gasteiger partial charge in [-0.3, -0.25) is 4.79 Å². The van der Waals surface area contributed by atoms with Gasteiger partial charge in [-0.25, -0.2) is 9.97 Å². The highest BCUT2D eigenvalue weighted by Gasteiger charge is 2.32. The second-order valence-electron chi connectivity index (χ2n) is 9.16. The number of para-hydroxylation sites is 1. The second kappa shape index (κ2) is 10.8. The molecule has 2 aromatic carbocycles. The number of aliphatic carboxylic acids is 1. The first kappa shape index (κ1) is 25.2. The number of hydrogen-bond donors (Lipinski definition) is 4. The molecule has 1 aliphatic carbocycles. The van der Waals surface area contributed by atoms with E-state index in [1.54, 1.807) is 0 Å². The molecule has 9 nitrogen and oxygen atoms in total. The highest BCUT2D eigenvalue weighted by Crippen LogP contribution is 2.40. The fourth-order valence-corrected chi connectivity index (χ4v) is 4.59. The van der Waals surface area contributed by atoms with Crippen LogP contribution in [0.5, 0.6) is 11.5 Å². The number of carbonyl (C=O) groups is 1. The van der Waals surface area contributed by atoms with Crippen LogP contribution in [0.2, 0.25) is 0 Å². The quantitative estimate of drug-likeness (QED) is 0.323. The van der Waals surface area contributed by atoms with Crippen molar-refractivity contribution in [2.24, 2.45) is 11.5 Å². The van der Waals surface area contributed by atoms with Crippen LogP contribution in [0.25, 0.3) is 22.2 Å². The third kappa shape index (κ3) is 5.64. The minimum absolute atomic E-state index is 0.259. The number of fused-ring (bicyclic) bond motifs is 1. The summed E-state index contributed by atoms with van der Waals surface area (Å²) in [7, 11) is 0. The molecule has 0 saturated heterocycles. The van der Waals surface area contributed by atoms with Gasteiger partial charge < -0.3 is 31.6 Å². The van der Waals surface area contributed by atoms with E-state index in [2.05, 4.69) is 20.7 Å². The smallest absolute Gasteiger partial charge is 0.300 e. The summed E-state index contributed by atoms with van der Waals surface area (Å²) in [5.74, 6) is 1.24. The van der Waals surface area contributed by atoms with Crippen LogP contribution in [-0.4, -0.2) is 37.7 Å². The van der Waals surface area contributed by atoms with Crippen molar-refractivity contribution in [3.8, 4) is 22.6 Å². The van der Waals surface area contributed by atoms with Gasteiger partial charge in [0.1, 0.15) is 29.3 Å². The number of benzene rings is 2. The summed E-state index contributed by atoms with van der Waals surface area (Å²) in [5, 5.41) is 8.30. The van der Waals surface area contributed by atoms with Crippen molar-refractivity contribution in [1.29, 1.82) is 0 Å². The Labute approximate surface area is 209 Å². The molecule has 0 bridgehead atoms. The van der Waals surface area contributed by atoms with Crippen molar-refractivity contribution in [2.75, 3.05) is 12.3 Å². The monoisotopic (exact) mass is 488 g/mol. The maximum Gasteiger partial charge on any atom is 0.300 e. The van der Waals surface area contributed by atoms with E-state index in [-0.39, 0.29) is 5.54 Å². The van der Waals surface area contributed by atoms with Crippen molar-refractivity contribution in [2.45, 2.75) is 44.2 Å². The molecule has 7 N–H and O–H groups in total. The number of hydrogen-bond acceptors (Lipinski definition) is 7. The van der Waals surface area contributed by atoms with Crippen LogP contribution in [0.3, 0.4) is 0 Å².